The second kappa shape index (κ2) is 29.2. The number of carbonyl (C=O) groups is 2. The number of amides is 1. The molecule has 1 fully saturated rings. The summed E-state index contributed by atoms with van der Waals surface area (Å²) in [5.41, 5.74) is 3.35. The Kier molecular flexibility index (Phi) is 22.6. The normalized spacial score (nSPS) is 21.2. The Hall–Kier alpha value is -5.77. The molecule has 1 aliphatic heterocycles. The number of hydrogen-bond acceptors (Lipinski definition) is 13. The topological polar surface area (TPSA) is 189 Å². The van der Waals surface area contributed by atoms with Crippen molar-refractivity contribution in [3.63, 3.8) is 0 Å². The number of aldehydes is 1. The van der Waals surface area contributed by atoms with Crippen molar-refractivity contribution in [2.75, 3.05) is 40.1 Å². The van der Waals surface area contributed by atoms with E-state index in [2.05, 4.69) is 19.6 Å². The van der Waals surface area contributed by atoms with Gasteiger partial charge in [0, 0.05) is 49.8 Å². The van der Waals surface area contributed by atoms with Gasteiger partial charge >= 0.3 is 6.09 Å². The third-order valence-corrected chi connectivity index (χ3v) is 14.6. The van der Waals surface area contributed by atoms with Crippen LogP contribution in [-0.2, 0) is 20.9 Å². The zero-order valence-corrected chi connectivity index (χ0v) is 43.4. The van der Waals surface area contributed by atoms with E-state index in [1.165, 1.54) is 64.2 Å². The molecule has 3 aliphatic rings. The third-order valence-electron chi connectivity index (χ3n) is 14.6. The molecule has 0 aromatic heterocycles. The Morgan fingerprint density at radius 3 is 2.23 bits per heavy atom. The van der Waals surface area contributed by atoms with Crippen molar-refractivity contribution in [2.24, 2.45) is 22.9 Å². The summed E-state index contributed by atoms with van der Waals surface area (Å²) in [5.74, 6) is -0.459. The SMILES string of the molecule is C=CCO[C@@]12Oc3ccc(Oc4ccc(OC)c(C=O)c4)cc3[C@H]3[C@H](CCCCO)[C@@H](CCCCO)C=C(C(=NOCc4ccc([N+](=O)[O-])cc4)C[C@@H]1N(CCC)C(=O)OCCCCCCCCCCCC)[C@H]32. The van der Waals surface area contributed by atoms with Gasteiger partial charge in [0.2, 0.25) is 5.79 Å². The highest BCUT2D eigenvalue weighted by Crippen LogP contribution is 2.62. The van der Waals surface area contributed by atoms with Gasteiger partial charge < -0.3 is 38.7 Å². The lowest BCUT2D eigenvalue weighted by Crippen LogP contribution is -2.70. The van der Waals surface area contributed by atoms with Crippen molar-refractivity contribution < 1.29 is 53.2 Å². The van der Waals surface area contributed by atoms with Gasteiger partial charge in [0.05, 0.1) is 42.4 Å². The summed E-state index contributed by atoms with van der Waals surface area (Å²) in [6.07, 6.45) is 20.8. The number of oxime groups is 1. The van der Waals surface area contributed by atoms with Crippen molar-refractivity contribution in [2.45, 2.75) is 154 Å². The van der Waals surface area contributed by atoms with Gasteiger partial charge in [-0.3, -0.25) is 19.8 Å². The highest BCUT2D eigenvalue weighted by atomic mass is 16.7. The van der Waals surface area contributed by atoms with E-state index in [-0.39, 0.29) is 62.9 Å². The van der Waals surface area contributed by atoms with Crippen LogP contribution in [0.4, 0.5) is 10.5 Å². The molecule has 3 aromatic carbocycles. The number of unbranched alkanes of at least 4 members (excludes halogenated alkanes) is 11. The zero-order valence-electron chi connectivity index (χ0n) is 43.4. The van der Waals surface area contributed by atoms with E-state index in [0.29, 0.717) is 65.6 Å². The first-order valence-electron chi connectivity index (χ1n) is 26.8. The molecule has 0 unspecified atom stereocenters. The third kappa shape index (κ3) is 14.7. The minimum absolute atomic E-state index is 0.0138. The van der Waals surface area contributed by atoms with E-state index < -0.39 is 28.8 Å². The number of rotatable bonds is 33. The quantitative estimate of drug-likeness (QED) is 0.0193. The number of allylic oxidation sites excluding steroid dienone is 1. The highest BCUT2D eigenvalue weighted by molar-refractivity contribution is 6.03. The first kappa shape index (κ1) is 56.5. The maximum atomic E-state index is 14.7. The average molecular weight is 1010 g/mol. The zero-order chi connectivity index (χ0) is 52.0. The van der Waals surface area contributed by atoms with E-state index >= 15 is 0 Å². The van der Waals surface area contributed by atoms with Crippen LogP contribution in [0.15, 0.2) is 90.1 Å². The number of aliphatic hydroxyl groups excluding tert-OH is 2. The monoisotopic (exact) mass is 1010 g/mol. The summed E-state index contributed by atoms with van der Waals surface area (Å²) in [7, 11) is 1.51. The molecule has 1 saturated carbocycles. The summed E-state index contributed by atoms with van der Waals surface area (Å²) in [6.45, 7) is 9.16. The molecule has 6 atom stereocenters. The fourth-order valence-corrected chi connectivity index (χ4v) is 11.1. The Balaban J connectivity index is 1.45. The van der Waals surface area contributed by atoms with Crippen LogP contribution >= 0.6 is 0 Å². The largest absolute Gasteiger partial charge is 0.496 e. The fourth-order valence-electron chi connectivity index (χ4n) is 11.1. The number of ether oxygens (including phenoxy) is 5. The molecule has 6 rings (SSSR count). The summed E-state index contributed by atoms with van der Waals surface area (Å²) in [6, 6.07) is 16.2. The van der Waals surface area contributed by atoms with Crippen LogP contribution in [-0.4, -0.2) is 90.0 Å². The lowest BCUT2D eigenvalue weighted by molar-refractivity contribution is -0.384. The summed E-state index contributed by atoms with van der Waals surface area (Å²) in [5, 5.41) is 36.4. The van der Waals surface area contributed by atoms with Crippen LogP contribution < -0.4 is 14.2 Å². The highest BCUT2D eigenvalue weighted by Gasteiger charge is 2.65. The molecular formula is C58H79N3O12. The molecule has 3 aromatic rings. The Morgan fingerprint density at radius 2 is 1.58 bits per heavy atom. The van der Waals surface area contributed by atoms with Gasteiger partial charge in [-0.25, -0.2) is 4.79 Å². The molecule has 398 valence electrons. The molecule has 2 aliphatic carbocycles. The lowest BCUT2D eigenvalue weighted by atomic mass is 9.55. The molecule has 1 heterocycles. The Bertz CT molecular complexity index is 2300. The van der Waals surface area contributed by atoms with Crippen LogP contribution in [0.25, 0.3) is 0 Å². The van der Waals surface area contributed by atoms with Gasteiger partial charge in [-0.1, -0.05) is 102 Å². The molecule has 1 amide bonds. The van der Waals surface area contributed by atoms with Crippen molar-refractivity contribution in [3.8, 4) is 23.0 Å². The molecule has 73 heavy (non-hydrogen) atoms. The van der Waals surface area contributed by atoms with E-state index in [0.717, 1.165) is 62.4 Å². The fraction of sp³-hybridized carbons (Fsp3) is 0.569. The number of nitrogens with zero attached hydrogens (tertiary/aromatic N) is 3. The number of carbonyl (C=O) groups excluding carboxylic acids is 2. The Morgan fingerprint density at radius 1 is 0.890 bits per heavy atom. The predicted octanol–water partition coefficient (Wildman–Crippen LogP) is 12.8. The van der Waals surface area contributed by atoms with Gasteiger partial charge in [0.1, 0.15) is 35.6 Å². The van der Waals surface area contributed by atoms with E-state index in [4.69, 9.17) is 33.7 Å². The van der Waals surface area contributed by atoms with Crippen LogP contribution in [0.2, 0.25) is 0 Å². The standard InChI is InChI=1S/C58H79N3O12/c1-5-8-9-10-11-12-13-14-15-20-35-69-57(65)60(31-6-2)54-39-51(59-71-41-42-23-25-45(26-24-42)61(66)67)49-37-43(21-16-18-32-62)48(22-17-19-33-63)55-50-38-47(72-46-27-29-52(68-4)44(36-46)40-64)28-30-53(50)73-58(54,56(49)55)70-34-7-3/h7,23-30,36-38,40,43,48,54-56,62-63H,3,5-6,8-22,31-35,39,41H2,1-2,4H3/t43-,48+,54-,55+,56+,58+/m0/s1. The van der Waals surface area contributed by atoms with Crippen LogP contribution in [0.5, 0.6) is 23.0 Å². The van der Waals surface area contributed by atoms with Gasteiger partial charge in [0.25, 0.3) is 5.69 Å². The van der Waals surface area contributed by atoms with Crippen molar-refractivity contribution >= 4 is 23.8 Å². The number of hydrogen-bond donors (Lipinski definition) is 2. The van der Waals surface area contributed by atoms with Crippen LogP contribution in [0, 0.1) is 27.9 Å². The molecule has 0 radical (unpaired) electrons. The summed E-state index contributed by atoms with van der Waals surface area (Å²) >= 11 is 0. The van der Waals surface area contributed by atoms with E-state index in [1.807, 2.05) is 25.1 Å². The number of non-ortho nitro benzene ring substituents is 1. The van der Waals surface area contributed by atoms with Crippen LogP contribution in [0.1, 0.15) is 157 Å². The van der Waals surface area contributed by atoms with Gasteiger partial charge in [-0.05, 0) is 110 Å². The van der Waals surface area contributed by atoms with E-state index in [9.17, 15) is 29.9 Å². The molecule has 2 N–H and O–H groups in total. The molecule has 15 nitrogen and oxygen atoms in total. The second-order valence-corrected chi connectivity index (χ2v) is 19.6. The minimum atomic E-state index is -1.48. The maximum Gasteiger partial charge on any atom is 0.410 e. The first-order valence-corrected chi connectivity index (χ1v) is 26.8. The lowest BCUT2D eigenvalue weighted by Gasteiger charge is -2.59. The molecule has 0 bridgehead atoms. The van der Waals surface area contributed by atoms with Crippen molar-refractivity contribution in [3.05, 3.63) is 112 Å². The number of fused-ring (bicyclic) bond motifs is 2. The van der Waals surface area contributed by atoms with Crippen LogP contribution in [0.3, 0.4) is 0 Å². The number of aliphatic hydroxyl groups is 2. The number of nitro groups is 1. The number of nitro benzene ring substituents is 1. The number of benzene rings is 3. The Labute approximate surface area is 432 Å². The summed E-state index contributed by atoms with van der Waals surface area (Å²) < 4.78 is 32.6. The predicted molar refractivity (Wildman–Crippen MR) is 281 cm³/mol. The summed E-state index contributed by atoms with van der Waals surface area (Å²) in [4.78, 5) is 45.7. The van der Waals surface area contributed by atoms with Gasteiger partial charge in [-0.15, -0.1) is 6.58 Å². The molecular weight excluding hydrogens is 931 g/mol. The van der Waals surface area contributed by atoms with E-state index in [1.54, 1.807) is 41.3 Å². The first-order chi connectivity index (χ1) is 35.7. The minimum Gasteiger partial charge on any atom is -0.496 e. The van der Waals surface area contributed by atoms with Crippen molar-refractivity contribution in [1.29, 1.82) is 0 Å². The number of methoxy groups -OCH3 is 1. The molecule has 0 spiro atoms. The molecule has 0 saturated heterocycles. The average Bonchev–Trinajstić information content (AvgIpc) is 3.40. The van der Waals surface area contributed by atoms with Crippen molar-refractivity contribution in [1.82, 2.24) is 4.90 Å². The second-order valence-electron chi connectivity index (χ2n) is 19.6. The van der Waals surface area contributed by atoms with Gasteiger partial charge in [0.15, 0.2) is 6.29 Å². The smallest absolute Gasteiger partial charge is 0.410 e. The van der Waals surface area contributed by atoms with Gasteiger partial charge in [-0.2, -0.15) is 0 Å². The maximum absolute atomic E-state index is 14.7. The molecule has 15 heteroatoms.